The zero-order chi connectivity index (χ0) is 36.7. The highest BCUT2D eigenvalue weighted by molar-refractivity contribution is 6.23. The number of allylic oxidation sites excluding steroid dienone is 4. The molecule has 262 valence electrons. The molecule has 8 aromatic carbocycles. The van der Waals surface area contributed by atoms with E-state index in [0.29, 0.717) is 0 Å². The Morgan fingerprint density at radius 2 is 1.07 bits per heavy atom. The van der Waals surface area contributed by atoms with Gasteiger partial charge < -0.3 is 10.6 Å². The van der Waals surface area contributed by atoms with Crippen LogP contribution in [0.4, 0.5) is 0 Å². The molecule has 0 bridgehead atoms. The molecule has 0 spiro atoms. The van der Waals surface area contributed by atoms with Gasteiger partial charge in [0, 0.05) is 11.6 Å². The number of benzene rings is 8. The summed E-state index contributed by atoms with van der Waals surface area (Å²) in [6, 6.07) is 52.8. The Kier molecular flexibility index (Phi) is 7.06. The van der Waals surface area contributed by atoms with Crippen molar-refractivity contribution in [2.45, 2.75) is 31.3 Å². The maximum atomic E-state index is 3.71. The molecule has 2 atom stereocenters. The molecule has 0 saturated heterocycles. The first-order valence-corrected chi connectivity index (χ1v) is 19.4. The van der Waals surface area contributed by atoms with Crippen LogP contribution < -0.4 is 10.6 Å². The predicted octanol–water partition coefficient (Wildman–Crippen LogP) is 12.9. The van der Waals surface area contributed by atoms with Crippen LogP contribution in [0.15, 0.2) is 182 Å². The Morgan fingerprint density at radius 3 is 1.69 bits per heavy atom. The predicted molar refractivity (Wildman–Crippen MR) is 234 cm³/mol. The van der Waals surface area contributed by atoms with Gasteiger partial charge in [0.1, 0.15) is 0 Å². The molecule has 2 aliphatic heterocycles. The van der Waals surface area contributed by atoms with Gasteiger partial charge in [0.25, 0.3) is 0 Å². The number of hydrogen-bond acceptors (Lipinski definition) is 2. The van der Waals surface area contributed by atoms with Crippen molar-refractivity contribution in [3.63, 3.8) is 0 Å². The largest absolute Gasteiger partial charge is 0.382 e. The van der Waals surface area contributed by atoms with E-state index in [1.807, 2.05) is 12.3 Å². The third kappa shape index (κ3) is 4.95. The molecule has 0 radical (unpaired) electrons. The molecule has 2 heteroatoms. The molecular weight excluding hydrogens is 665 g/mol. The highest BCUT2D eigenvalue weighted by Crippen LogP contribution is 2.55. The smallest absolute Gasteiger partial charge is 0.0680 e. The van der Waals surface area contributed by atoms with Crippen molar-refractivity contribution in [1.29, 1.82) is 0 Å². The van der Waals surface area contributed by atoms with Gasteiger partial charge in [-0.2, -0.15) is 0 Å². The first-order chi connectivity index (χ1) is 27.0. The van der Waals surface area contributed by atoms with Crippen molar-refractivity contribution in [1.82, 2.24) is 10.6 Å². The fourth-order valence-corrected chi connectivity index (χ4v) is 9.58. The fraction of sp³-hybridized carbons (Fsp3) is 0.0943. The van der Waals surface area contributed by atoms with E-state index in [-0.39, 0.29) is 17.5 Å². The molecule has 2 N–H and O–H groups in total. The summed E-state index contributed by atoms with van der Waals surface area (Å²) >= 11 is 0. The average Bonchev–Trinajstić information content (AvgIpc) is 3.47. The van der Waals surface area contributed by atoms with Gasteiger partial charge in [0.15, 0.2) is 0 Å². The maximum Gasteiger partial charge on any atom is 0.0680 e. The van der Waals surface area contributed by atoms with Gasteiger partial charge >= 0.3 is 0 Å². The summed E-state index contributed by atoms with van der Waals surface area (Å²) in [6.45, 7) is 4.81. The Morgan fingerprint density at radius 1 is 0.455 bits per heavy atom. The van der Waals surface area contributed by atoms with Crippen molar-refractivity contribution in [2.24, 2.45) is 0 Å². The van der Waals surface area contributed by atoms with Gasteiger partial charge in [-0.05, 0) is 135 Å². The normalized spacial score (nSPS) is 18.0. The number of hydrogen-bond donors (Lipinski definition) is 2. The summed E-state index contributed by atoms with van der Waals surface area (Å²) in [6.07, 6.45) is 15.2. The number of dihydropyridines is 2. The molecule has 11 rings (SSSR count). The highest BCUT2D eigenvalue weighted by atomic mass is 15.0. The zero-order valence-corrected chi connectivity index (χ0v) is 31.0. The third-order valence-electron chi connectivity index (χ3n) is 12.3. The van der Waals surface area contributed by atoms with Crippen molar-refractivity contribution < 1.29 is 0 Å². The summed E-state index contributed by atoms with van der Waals surface area (Å²) in [5.74, 6) is 0. The van der Waals surface area contributed by atoms with E-state index in [1.54, 1.807) is 0 Å². The van der Waals surface area contributed by atoms with E-state index >= 15 is 0 Å². The van der Waals surface area contributed by atoms with Crippen molar-refractivity contribution in [3.8, 4) is 33.4 Å². The van der Waals surface area contributed by atoms with Gasteiger partial charge in [0.05, 0.1) is 12.1 Å². The minimum atomic E-state index is -0.192. The molecule has 2 heterocycles. The van der Waals surface area contributed by atoms with Crippen LogP contribution in [0, 0.1) is 0 Å². The summed E-state index contributed by atoms with van der Waals surface area (Å²) in [7, 11) is 0. The minimum Gasteiger partial charge on any atom is -0.382 e. The fourth-order valence-electron chi connectivity index (χ4n) is 9.58. The summed E-state index contributed by atoms with van der Waals surface area (Å²) in [5, 5.41) is 17.3. The third-order valence-corrected chi connectivity index (χ3v) is 12.3. The SMILES string of the molecule is CC1(C)c2cc3c(-c4ccc5ccccc5c4)c4ccccc4c(-c4ccc5ccccc5c4)c3cc2-c2c(C3=CNC(C4C=CC=CN4)C=C3)cccc21. The summed E-state index contributed by atoms with van der Waals surface area (Å²) in [4.78, 5) is 0. The molecule has 0 fully saturated rings. The van der Waals surface area contributed by atoms with Gasteiger partial charge in [-0.25, -0.2) is 0 Å². The van der Waals surface area contributed by atoms with Gasteiger partial charge in [-0.3, -0.25) is 0 Å². The molecule has 0 amide bonds. The van der Waals surface area contributed by atoms with E-state index in [9.17, 15) is 0 Å². The lowest BCUT2D eigenvalue weighted by Crippen LogP contribution is -2.43. The lowest BCUT2D eigenvalue weighted by Gasteiger charge is -2.27. The van der Waals surface area contributed by atoms with E-state index in [1.165, 1.54) is 98.7 Å². The van der Waals surface area contributed by atoms with Crippen LogP contribution >= 0.6 is 0 Å². The van der Waals surface area contributed by atoms with Crippen LogP contribution in [0.2, 0.25) is 0 Å². The van der Waals surface area contributed by atoms with Gasteiger partial charge in [0.2, 0.25) is 0 Å². The van der Waals surface area contributed by atoms with Crippen LogP contribution in [0.1, 0.15) is 30.5 Å². The second kappa shape index (κ2) is 12.2. The van der Waals surface area contributed by atoms with E-state index in [4.69, 9.17) is 0 Å². The van der Waals surface area contributed by atoms with Crippen LogP contribution in [-0.4, -0.2) is 12.1 Å². The Bertz CT molecular complexity index is 3030. The maximum absolute atomic E-state index is 3.71. The van der Waals surface area contributed by atoms with Crippen molar-refractivity contribution >= 4 is 48.7 Å². The Balaban J connectivity index is 1.19. The topological polar surface area (TPSA) is 24.1 Å². The van der Waals surface area contributed by atoms with Crippen LogP contribution in [-0.2, 0) is 5.41 Å². The van der Waals surface area contributed by atoms with E-state index in [2.05, 4.69) is 195 Å². The van der Waals surface area contributed by atoms with Crippen molar-refractivity contribution in [2.75, 3.05) is 0 Å². The molecule has 0 aromatic heterocycles. The van der Waals surface area contributed by atoms with Gasteiger partial charge in [-0.15, -0.1) is 0 Å². The highest BCUT2D eigenvalue weighted by Gasteiger charge is 2.38. The van der Waals surface area contributed by atoms with E-state index < -0.39 is 0 Å². The van der Waals surface area contributed by atoms with Crippen LogP contribution in [0.5, 0.6) is 0 Å². The second-order valence-electron chi connectivity index (χ2n) is 15.8. The van der Waals surface area contributed by atoms with Gasteiger partial charge in [-0.1, -0.05) is 153 Å². The van der Waals surface area contributed by atoms with E-state index in [0.717, 1.165) is 0 Å². The summed E-state index contributed by atoms with van der Waals surface area (Å²) in [5.41, 5.74) is 12.8. The molecule has 8 aromatic rings. The first-order valence-electron chi connectivity index (χ1n) is 19.4. The minimum absolute atomic E-state index is 0.181. The number of fused-ring (bicyclic) bond motifs is 7. The number of nitrogens with one attached hydrogen (secondary N) is 2. The molecule has 2 unspecified atom stereocenters. The molecular formula is C53H40N2. The molecule has 2 nitrogen and oxygen atoms in total. The first kappa shape index (κ1) is 31.8. The summed E-state index contributed by atoms with van der Waals surface area (Å²) < 4.78 is 0. The molecule has 1 aliphatic carbocycles. The van der Waals surface area contributed by atoms with Crippen LogP contribution in [0.3, 0.4) is 0 Å². The Hall–Kier alpha value is -6.64. The quantitative estimate of drug-likeness (QED) is 0.178. The molecule has 55 heavy (non-hydrogen) atoms. The second-order valence-corrected chi connectivity index (χ2v) is 15.8. The van der Waals surface area contributed by atoms with Crippen molar-refractivity contribution in [3.05, 3.63) is 199 Å². The lowest BCUT2D eigenvalue weighted by molar-refractivity contribution is 0.560. The lowest BCUT2D eigenvalue weighted by atomic mass is 9.79. The average molecular weight is 705 g/mol. The standard InChI is InChI=1S/C53H40N2/c1-53(2)46-19-11-18-40(39-25-26-49(55-32-39)48-20-9-10-27-54-48)52(46)45-30-43-44(31-47(45)53)51(38-24-22-34-13-4-6-15-36(34)29-38)42-17-8-7-16-41(42)50(43)37-23-21-33-12-3-5-14-35(33)28-37/h3-32,48-49,54-55H,1-2H3. The van der Waals surface area contributed by atoms with Crippen LogP contribution in [0.25, 0.3) is 82.0 Å². The Labute approximate surface area is 321 Å². The number of rotatable bonds is 4. The molecule has 3 aliphatic rings. The zero-order valence-electron chi connectivity index (χ0n) is 31.0. The molecule has 0 saturated carbocycles. The monoisotopic (exact) mass is 704 g/mol.